The summed E-state index contributed by atoms with van der Waals surface area (Å²) >= 11 is 8.57. The van der Waals surface area contributed by atoms with E-state index in [2.05, 4.69) is 48.7 Å². The fraction of sp³-hybridized carbons (Fsp3) is 0.167. The molecule has 2 aromatic rings. The van der Waals surface area contributed by atoms with Gasteiger partial charge in [-0.1, -0.05) is 31.9 Å². The zero-order valence-corrected chi connectivity index (χ0v) is 12.3. The molecule has 0 aliphatic heterocycles. The minimum Gasteiger partial charge on any atom is -0.207 e. The van der Waals surface area contributed by atoms with Crippen molar-refractivity contribution in [2.75, 3.05) is 0 Å². The third kappa shape index (κ3) is 3.15. The number of hydrogen-bond donors (Lipinski definition) is 0. The molecule has 84 valence electrons. The summed E-state index contributed by atoms with van der Waals surface area (Å²) in [6.45, 7) is 0. The van der Waals surface area contributed by atoms with E-state index in [-0.39, 0.29) is 10.6 Å². The van der Waals surface area contributed by atoms with Crippen LogP contribution in [0.1, 0.15) is 16.0 Å². The van der Waals surface area contributed by atoms with Crippen LogP contribution in [0.4, 0.5) is 4.39 Å². The van der Waals surface area contributed by atoms with E-state index in [1.807, 2.05) is 6.07 Å². The van der Waals surface area contributed by atoms with E-state index >= 15 is 0 Å². The molecule has 0 spiro atoms. The van der Waals surface area contributed by atoms with E-state index in [1.54, 1.807) is 17.4 Å². The van der Waals surface area contributed by atoms with Crippen LogP contribution in [0.25, 0.3) is 0 Å². The Kier molecular flexibility index (Phi) is 4.16. The van der Waals surface area contributed by atoms with Gasteiger partial charge < -0.3 is 0 Å². The Bertz CT molecular complexity index is 448. The largest absolute Gasteiger partial charge is 0.207 e. The fourth-order valence-corrected chi connectivity index (χ4v) is 3.29. The van der Waals surface area contributed by atoms with Gasteiger partial charge in [-0.3, -0.25) is 0 Å². The third-order valence-electron chi connectivity index (χ3n) is 2.24. The summed E-state index contributed by atoms with van der Waals surface area (Å²) in [6.07, 6.45) is 0.874. The Hall–Kier alpha value is -0.190. The summed E-state index contributed by atoms with van der Waals surface area (Å²) < 4.78 is 14.0. The maximum Gasteiger partial charge on any atom is 0.124 e. The molecule has 0 bridgehead atoms. The van der Waals surface area contributed by atoms with Gasteiger partial charge in [0.05, 0.1) is 0 Å². The van der Waals surface area contributed by atoms with E-state index in [1.165, 1.54) is 11.6 Å². The van der Waals surface area contributed by atoms with Crippen LogP contribution in [-0.2, 0) is 6.42 Å². The minimum absolute atomic E-state index is 0.147. The molecular formula is C12H9Br2FS. The van der Waals surface area contributed by atoms with Gasteiger partial charge in [0.15, 0.2) is 0 Å². The Morgan fingerprint density at radius 2 is 2.12 bits per heavy atom. The second-order valence-electron chi connectivity index (χ2n) is 3.51. The highest BCUT2D eigenvalue weighted by Gasteiger charge is 2.10. The SMILES string of the molecule is Fc1cc(Br)cc(C(Br)Cc2ccsc2)c1. The van der Waals surface area contributed by atoms with Crippen molar-refractivity contribution in [1.29, 1.82) is 0 Å². The van der Waals surface area contributed by atoms with E-state index in [9.17, 15) is 4.39 Å². The monoisotopic (exact) mass is 362 g/mol. The van der Waals surface area contributed by atoms with Gasteiger partial charge in [-0.05, 0) is 52.6 Å². The fourth-order valence-electron chi connectivity index (χ4n) is 1.49. The first-order valence-electron chi connectivity index (χ1n) is 4.76. The first-order chi connectivity index (χ1) is 7.65. The molecule has 0 saturated carbocycles. The van der Waals surface area contributed by atoms with Gasteiger partial charge >= 0.3 is 0 Å². The molecule has 0 amide bonds. The van der Waals surface area contributed by atoms with Crippen molar-refractivity contribution in [1.82, 2.24) is 0 Å². The molecule has 1 aromatic carbocycles. The standard InChI is InChI=1S/C12H9Br2FS/c13-10-4-9(5-11(15)6-10)12(14)3-8-1-2-16-7-8/h1-2,4-7,12H,3H2. The van der Waals surface area contributed by atoms with Gasteiger partial charge in [0.1, 0.15) is 5.82 Å². The first kappa shape index (κ1) is 12.3. The molecule has 1 aromatic heterocycles. The highest BCUT2D eigenvalue weighted by Crippen LogP contribution is 2.30. The van der Waals surface area contributed by atoms with E-state index < -0.39 is 0 Å². The average Bonchev–Trinajstić information content (AvgIpc) is 2.68. The predicted octanol–water partition coefficient (Wildman–Crippen LogP) is 5.33. The van der Waals surface area contributed by atoms with Crippen LogP contribution >= 0.6 is 43.2 Å². The van der Waals surface area contributed by atoms with Gasteiger partial charge in [0, 0.05) is 9.30 Å². The topological polar surface area (TPSA) is 0 Å². The van der Waals surface area contributed by atoms with Crippen LogP contribution in [0.5, 0.6) is 0 Å². The zero-order valence-electron chi connectivity index (χ0n) is 8.29. The summed E-state index contributed by atoms with van der Waals surface area (Å²) in [6, 6.07) is 7.06. The van der Waals surface area contributed by atoms with Gasteiger partial charge in [-0.15, -0.1) is 0 Å². The second-order valence-corrected chi connectivity index (χ2v) is 6.31. The van der Waals surface area contributed by atoms with Crippen LogP contribution in [0, 0.1) is 5.82 Å². The molecule has 0 saturated heterocycles. The molecule has 2 rings (SSSR count). The predicted molar refractivity (Wildman–Crippen MR) is 73.8 cm³/mol. The third-order valence-corrected chi connectivity index (χ3v) is 4.28. The maximum atomic E-state index is 13.2. The Morgan fingerprint density at radius 1 is 1.31 bits per heavy atom. The van der Waals surface area contributed by atoms with Gasteiger partial charge in [0.25, 0.3) is 0 Å². The second kappa shape index (κ2) is 5.43. The van der Waals surface area contributed by atoms with E-state index in [0.717, 1.165) is 16.5 Å². The molecule has 0 aliphatic carbocycles. The van der Waals surface area contributed by atoms with Crippen molar-refractivity contribution in [3.63, 3.8) is 0 Å². The lowest BCUT2D eigenvalue weighted by Gasteiger charge is -2.09. The van der Waals surface area contributed by atoms with Crippen LogP contribution in [0.2, 0.25) is 0 Å². The molecule has 4 heteroatoms. The van der Waals surface area contributed by atoms with E-state index in [4.69, 9.17) is 0 Å². The molecule has 1 unspecified atom stereocenters. The molecule has 0 N–H and O–H groups in total. The molecule has 1 heterocycles. The average molecular weight is 364 g/mol. The Morgan fingerprint density at radius 3 is 2.75 bits per heavy atom. The lowest BCUT2D eigenvalue weighted by Crippen LogP contribution is -1.95. The molecule has 0 nitrogen and oxygen atoms in total. The first-order valence-corrected chi connectivity index (χ1v) is 7.41. The van der Waals surface area contributed by atoms with Crippen LogP contribution < -0.4 is 0 Å². The van der Waals surface area contributed by atoms with Crippen molar-refractivity contribution in [2.45, 2.75) is 11.2 Å². The van der Waals surface area contributed by atoms with Crippen molar-refractivity contribution >= 4 is 43.2 Å². The number of rotatable bonds is 3. The number of thiophene rings is 1. The Labute approximate surface area is 115 Å². The minimum atomic E-state index is -0.209. The normalized spacial score (nSPS) is 12.7. The highest BCUT2D eigenvalue weighted by atomic mass is 79.9. The zero-order chi connectivity index (χ0) is 11.5. The van der Waals surface area contributed by atoms with Crippen molar-refractivity contribution in [3.8, 4) is 0 Å². The van der Waals surface area contributed by atoms with Crippen LogP contribution in [0.3, 0.4) is 0 Å². The van der Waals surface area contributed by atoms with Crippen LogP contribution in [0.15, 0.2) is 39.5 Å². The smallest absolute Gasteiger partial charge is 0.124 e. The molecule has 16 heavy (non-hydrogen) atoms. The number of benzene rings is 1. The molecule has 0 fully saturated rings. The number of hydrogen-bond acceptors (Lipinski definition) is 1. The van der Waals surface area contributed by atoms with Crippen molar-refractivity contribution in [3.05, 3.63) is 56.4 Å². The summed E-state index contributed by atoms with van der Waals surface area (Å²) in [7, 11) is 0. The van der Waals surface area contributed by atoms with Crippen LogP contribution in [-0.4, -0.2) is 0 Å². The molecule has 1 atom stereocenters. The Balaban J connectivity index is 2.17. The van der Waals surface area contributed by atoms with Gasteiger partial charge in [0.2, 0.25) is 0 Å². The quantitative estimate of drug-likeness (QED) is 0.646. The summed E-state index contributed by atoms with van der Waals surface area (Å²) in [5, 5.41) is 4.17. The summed E-state index contributed by atoms with van der Waals surface area (Å²) in [5.41, 5.74) is 2.23. The number of halogens is 3. The van der Waals surface area contributed by atoms with E-state index in [0.29, 0.717) is 0 Å². The lowest BCUT2D eigenvalue weighted by molar-refractivity contribution is 0.624. The van der Waals surface area contributed by atoms with Gasteiger partial charge in [-0.2, -0.15) is 11.3 Å². The lowest BCUT2D eigenvalue weighted by atomic mass is 10.1. The molecule has 0 radical (unpaired) electrons. The highest BCUT2D eigenvalue weighted by molar-refractivity contribution is 9.10. The molecule has 0 aliphatic rings. The maximum absolute atomic E-state index is 13.2. The summed E-state index contributed by atoms with van der Waals surface area (Å²) in [5.74, 6) is -0.209. The summed E-state index contributed by atoms with van der Waals surface area (Å²) in [4.78, 5) is 0.147. The van der Waals surface area contributed by atoms with Crippen molar-refractivity contribution < 1.29 is 4.39 Å². The molecular weight excluding hydrogens is 355 g/mol. The number of alkyl halides is 1. The van der Waals surface area contributed by atoms with Gasteiger partial charge in [-0.25, -0.2) is 4.39 Å². The van der Waals surface area contributed by atoms with Crippen molar-refractivity contribution in [2.24, 2.45) is 0 Å².